The molecular weight excluding hydrogens is 704 g/mol. The van der Waals surface area contributed by atoms with E-state index in [1.807, 2.05) is 60.6 Å². The van der Waals surface area contributed by atoms with E-state index < -0.39 is 71.7 Å². The lowest BCUT2D eigenvalue weighted by atomic mass is 10.1. The van der Waals surface area contributed by atoms with Crippen molar-refractivity contribution in [3.63, 3.8) is 0 Å². The van der Waals surface area contributed by atoms with Crippen molar-refractivity contribution in [1.29, 1.82) is 0 Å². The summed E-state index contributed by atoms with van der Waals surface area (Å²) >= 11 is 0. The van der Waals surface area contributed by atoms with Gasteiger partial charge in [0, 0.05) is 39.3 Å². The van der Waals surface area contributed by atoms with Crippen LogP contribution in [0, 0.1) is 0 Å². The van der Waals surface area contributed by atoms with Crippen molar-refractivity contribution in [2.24, 2.45) is 0 Å². The molecule has 5 heterocycles. The number of ether oxygens (including phenoxy) is 9. The molecule has 1 aromatic heterocycles. The molecule has 2 bridgehead atoms. The molecule has 16 heteroatoms. The average molecular weight is 765 g/mol. The van der Waals surface area contributed by atoms with Crippen molar-refractivity contribution in [2.45, 2.75) is 129 Å². The number of hydrogen-bond acceptors (Lipinski definition) is 16. The molecule has 16 nitrogen and oxygen atoms in total. The van der Waals surface area contributed by atoms with Crippen molar-refractivity contribution in [3.05, 3.63) is 29.6 Å². The number of pyridine rings is 1. The highest BCUT2D eigenvalue weighted by Gasteiger charge is 2.48. The van der Waals surface area contributed by atoms with Crippen molar-refractivity contribution in [2.75, 3.05) is 65.8 Å². The molecule has 0 aliphatic carbocycles. The summed E-state index contributed by atoms with van der Waals surface area (Å²) in [6, 6.07) is 3.13. The van der Waals surface area contributed by atoms with Gasteiger partial charge in [0.25, 0.3) is 0 Å². The first-order chi connectivity index (χ1) is 25.5. The van der Waals surface area contributed by atoms with Crippen LogP contribution in [0.2, 0.25) is 0 Å². The summed E-state index contributed by atoms with van der Waals surface area (Å²) in [5.41, 5.74) is 1.38. The lowest BCUT2D eigenvalue weighted by molar-refractivity contribution is -0.171. The van der Waals surface area contributed by atoms with Gasteiger partial charge in [-0.1, -0.05) is 6.07 Å². The van der Waals surface area contributed by atoms with Gasteiger partial charge in [-0.25, -0.2) is 0 Å². The first-order valence-corrected chi connectivity index (χ1v) is 19.2. The zero-order chi connectivity index (χ0) is 39.3. The van der Waals surface area contributed by atoms with Crippen LogP contribution in [-0.4, -0.2) is 157 Å². The van der Waals surface area contributed by atoms with Gasteiger partial charge < -0.3 is 42.6 Å². The van der Waals surface area contributed by atoms with E-state index in [0.717, 1.165) is 0 Å². The van der Waals surface area contributed by atoms with Crippen LogP contribution in [-0.2, 0) is 70.1 Å². The predicted octanol–water partition coefficient (Wildman–Crippen LogP) is 2.25. The third-order valence-corrected chi connectivity index (χ3v) is 9.86. The minimum atomic E-state index is -0.919. The van der Waals surface area contributed by atoms with Gasteiger partial charge in [0.2, 0.25) is 0 Å². The number of carbonyl (C=O) groups is 3. The molecule has 1 aromatic rings. The van der Waals surface area contributed by atoms with Crippen molar-refractivity contribution < 1.29 is 57.0 Å². The molecular formula is C38H60N4O12. The molecule has 5 rings (SSSR count). The van der Waals surface area contributed by atoms with Crippen LogP contribution in [0.25, 0.3) is 0 Å². The van der Waals surface area contributed by atoms with Gasteiger partial charge in [-0.2, -0.15) is 0 Å². The van der Waals surface area contributed by atoms with Crippen LogP contribution in [0.4, 0.5) is 0 Å². The van der Waals surface area contributed by atoms with E-state index in [0.29, 0.717) is 11.4 Å². The third-order valence-electron chi connectivity index (χ3n) is 9.86. The Kier molecular flexibility index (Phi) is 14.1. The molecule has 6 unspecified atom stereocenters. The highest BCUT2D eigenvalue weighted by atomic mass is 16.8. The van der Waals surface area contributed by atoms with Gasteiger partial charge >= 0.3 is 17.9 Å². The maximum atomic E-state index is 14.0. The molecule has 0 saturated carbocycles. The Balaban J connectivity index is 1.59. The van der Waals surface area contributed by atoms with Crippen molar-refractivity contribution >= 4 is 17.9 Å². The van der Waals surface area contributed by atoms with Crippen molar-refractivity contribution in [1.82, 2.24) is 19.7 Å². The van der Waals surface area contributed by atoms with Gasteiger partial charge in [0.1, 0.15) is 36.4 Å². The topological polar surface area (TPSA) is 157 Å². The molecule has 4 aliphatic rings. The van der Waals surface area contributed by atoms with Gasteiger partial charge in [-0.05, 0) is 74.4 Å². The number of aromatic nitrogens is 1. The van der Waals surface area contributed by atoms with E-state index in [9.17, 15) is 14.4 Å². The molecule has 3 saturated heterocycles. The summed E-state index contributed by atoms with van der Waals surface area (Å²) in [6.45, 7) is 18.9. The molecule has 0 spiro atoms. The fraction of sp³-hybridized carbons (Fsp3) is 0.789. The molecule has 6 atom stereocenters. The summed E-state index contributed by atoms with van der Waals surface area (Å²) in [4.78, 5) is 52.6. The minimum absolute atomic E-state index is 0.163. The van der Waals surface area contributed by atoms with Crippen LogP contribution in [0.5, 0.6) is 0 Å². The van der Waals surface area contributed by atoms with E-state index >= 15 is 0 Å². The van der Waals surface area contributed by atoms with Crippen LogP contribution in [0.1, 0.15) is 73.7 Å². The summed E-state index contributed by atoms with van der Waals surface area (Å²) < 4.78 is 53.6. The minimum Gasteiger partial charge on any atom is -0.465 e. The molecule has 0 aromatic carbocycles. The number of carbonyl (C=O) groups excluding carboxylic acids is 3. The van der Waals surface area contributed by atoms with Crippen LogP contribution in [0.15, 0.2) is 18.2 Å². The normalized spacial score (nSPS) is 28.0. The monoisotopic (exact) mass is 764 g/mol. The Hall–Kier alpha value is -2.80. The lowest BCUT2D eigenvalue weighted by Crippen LogP contribution is -2.58. The summed E-state index contributed by atoms with van der Waals surface area (Å²) in [5, 5.41) is 0. The molecule has 0 amide bonds. The van der Waals surface area contributed by atoms with Gasteiger partial charge in [0.05, 0.1) is 51.0 Å². The summed E-state index contributed by atoms with van der Waals surface area (Å²) in [5.74, 6) is -4.06. The van der Waals surface area contributed by atoms with Gasteiger partial charge in [-0.15, -0.1) is 0 Å². The Morgan fingerprint density at radius 1 is 0.611 bits per heavy atom. The lowest BCUT2D eigenvalue weighted by Gasteiger charge is -2.40. The average Bonchev–Trinajstić information content (AvgIpc) is 3.76. The maximum absolute atomic E-state index is 14.0. The van der Waals surface area contributed by atoms with E-state index in [1.54, 1.807) is 34.6 Å². The Bertz CT molecular complexity index is 1370. The van der Waals surface area contributed by atoms with E-state index in [2.05, 4.69) is 0 Å². The molecule has 3 fully saturated rings. The first kappa shape index (κ1) is 42.3. The second kappa shape index (κ2) is 18.0. The number of rotatable bonds is 12. The van der Waals surface area contributed by atoms with Gasteiger partial charge in [0.15, 0.2) is 17.4 Å². The van der Waals surface area contributed by atoms with E-state index in [1.165, 1.54) is 0 Å². The summed E-state index contributed by atoms with van der Waals surface area (Å²) in [6.07, 6.45) is -1.92. The number of esters is 3. The third kappa shape index (κ3) is 10.7. The predicted molar refractivity (Wildman–Crippen MR) is 193 cm³/mol. The maximum Gasteiger partial charge on any atom is 0.326 e. The van der Waals surface area contributed by atoms with E-state index in [-0.39, 0.29) is 78.9 Å². The van der Waals surface area contributed by atoms with Crippen molar-refractivity contribution in [3.8, 4) is 0 Å². The van der Waals surface area contributed by atoms with Crippen LogP contribution >= 0.6 is 0 Å². The second-order valence-electron chi connectivity index (χ2n) is 15.3. The smallest absolute Gasteiger partial charge is 0.326 e. The molecule has 304 valence electrons. The SMILES string of the molecule is CCOC(=O)C(C1COC(C)(C)O1)N1CCN(C(C(=O)OCC)C2COC(C)(C)O2)Cc2cccc(n2)CN(C(C(=O)OCC)C2COC(C)(C)O2)CC1. The van der Waals surface area contributed by atoms with Gasteiger partial charge in [-0.3, -0.25) is 34.1 Å². The standard InChI is InChI=1S/C38H60N4O12/c1-10-46-33(43)30(27-22-49-36(4,5)52-27)40-16-18-41(31(34(44)47-11-2)28-23-50-37(6,7)53-28)20-25-14-13-15-26(39-25)21-42(19-17-40)32(35(45)48-12-3)29-24-51-38(8,9)54-29/h13-15,27-32H,10-12,16-24H2,1-9H3. The largest absolute Gasteiger partial charge is 0.465 e. The van der Waals surface area contributed by atoms with Crippen LogP contribution < -0.4 is 0 Å². The molecule has 0 radical (unpaired) electrons. The Labute approximate surface area is 318 Å². The Morgan fingerprint density at radius 2 is 0.926 bits per heavy atom. The van der Waals surface area contributed by atoms with E-state index in [4.69, 9.17) is 47.6 Å². The zero-order valence-electron chi connectivity index (χ0n) is 33.4. The second-order valence-corrected chi connectivity index (χ2v) is 15.3. The fourth-order valence-corrected chi connectivity index (χ4v) is 7.56. The fourth-order valence-electron chi connectivity index (χ4n) is 7.56. The highest BCUT2D eigenvalue weighted by molar-refractivity contribution is 5.78. The molecule has 54 heavy (non-hydrogen) atoms. The van der Waals surface area contributed by atoms with Crippen LogP contribution in [0.3, 0.4) is 0 Å². The first-order valence-electron chi connectivity index (χ1n) is 19.2. The Morgan fingerprint density at radius 3 is 1.22 bits per heavy atom. The molecule has 0 N–H and O–H groups in total. The summed E-state index contributed by atoms with van der Waals surface area (Å²) in [7, 11) is 0. The highest BCUT2D eigenvalue weighted by Crippen LogP contribution is 2.31. The number of hydrogen-bond donors (Lipinski definition) is 0. The zero-order valence-corrected chi connectivity index (χ0v) is 33.4. The number of nitrogens with zero attached hydrogens (tertiary/aromatic N) is 4. The number of fused-ring (bicyclic) bond motifs is 2. The molecule has 4 aliphatic heterocycles. The quantitative estimate of drug-likeness (QED) is 0.225.